The molecule has 5 rings (SSSR count). The van der Waals surface area contributed by atoms with Gasteiger partial charge in [0.1, 0.15) is 28.8 Å². The highest BCUT2D eigenvalue weighted by atomic mass is 16.6. The molecule has 0 aromatic carbocycles. The SMILES string of the molecule is COc1cnc(C#N)c(-c2cn(Cc3ccc(N4CCC[C@@H](N(CC5CCC5)C(=O)OC(C)(C)C)C4)nn3)nn2)c1. The van der Waals surface area contributed by atoms with E-state index in [2.05, 4.69) is 36.5 Å². The summed E-state index contributed by atoms with van der Waals surface area (Å²) in [5.74, 6) is 1.87. The van der Waals surface area contributed by atoms with Crippen molar-refractivity contribution >= 4 is 11.9 Å². The van der Waals surface area contributed by atoms with Crippen molar-refractivity contribution in [2.45, 2.75) is 71.1 Å². The van der Waals surface area contributed by atoms with Crippen molar-refractivity contribution in [3.8, 4) is 23.1 Å². The Morgan fingerprint density at radius 2 is 2.00 bits per heavy atom. The fraction of sp³-hybridized carbons (Fsp3) is 0.552. The fourth-order valence-corrected chi connectivity index (χ4v) is 5.18. The largest absolute Gasteiger partial charge is 0.495 e. The molecule has 3 aromatic rings. The molecule has 0 spiro atoms. The van der Waals surface area contributed by atoms with Crippen molar-refractivity contribution in [3.63, 3.8) is 0 Å². The topological polar surface area (TPSA) is 135 Å². The average Bonchev–Trinajstić information content (AvgIpc) is 3.40. The Bertz CT molecular complexity index is 1390. The van der Waals surface area contributed by atoms with Gasteiger partial charge in [0.2, 0.25) is 0 Å². The molecule has 2 fully saturated rings. The van der Waals surface area contributed by atoms with Crippen LogP contribution in [-0.2, 0) is 11.3 Å². The minimum atomic E-state index is -0.529. The van der Waals surface area contributed by atoms with Crippen molar-refractivity contribution < 1.29 is 14.3 Å². The quantitative estimate of drug-likeness (QED) is 0.397. The van der Waals surface area contributed by atoms with Crippen molar-refractivity contribution in [1.29, 1.82) is 5.26 Å². The molecular weight excluding hydrogens is 522 g/mol. The first-order chi connectivity index (χ1) is 19.7. The Kier molecular flexibility index (Phi) is 8.33. The molecule has 41 heavy (non-hydrogen) atoms. The van der Waals surface area contributed by atoms with Crippen molar-refractivity contribution in [1.82, 2.24) is 35.1 Å². The molecule has 12 nitrogen and oxygen atoms in total. The highest BCUT2D eigenvalue weighted by molar-refractivity contribution is 5.69. The first-order valence-electron chi connectivity index (χ1n) is 14.1. The molecule has 0 radical (unpaired) electrons. The molecule has 1 saturated carbocycles. The molecule has 4 heterocycles. The standard InChI is InChI=1S/C29H37N9O3/c1-29(2,3)41-28(39)38(16-20-7-5-8-20)22-9-6-12-36(18-22)27-11-10-21(32-34-27)17-37-19-26(33-35-37)24-13-23(40-4)15-31-25(24)14-30/h10-11,13,15,19-20,22H,5-9,12,16-18H2,1-4H3/t22-/m1/s1. The average molecular weight is 560 g/mol. The molecule has 0 bridgehead atoms. The zero-order valence-electron chi connectivity index (χ0n) is 24.2. The number of methoxy groups -OCH3 is 1. The first-order valence-corrected chi connectivity index (χ1v) is 14.1. The summed E-state index contributed by atoms with van der Waals surface area (Å²) in [6.45, 7) is 8.42. The van der Waals surface area contributed by atoms with Gasteiger partial charge < -0.3 is 19.3 Å². The van der Waals surface area contributed by atoms with Gasteiger partial charge in [0, 0.05) is 25.2 Å². The van der Waals surface area contributed by atoms with E-state index in [-0.39, 0.29) is 17.8 Å². The Hall–Kier alpha value is -4.27. The maximum Gasteiger partial charge on any atom is 0.410 e. The monoisotopic (exact) mass is 559 g/mol. The Morgan fingerprint density at radius 1 is 1.17 bits per heavy atom. The summed E-state index contributed by atoms with van der Waals surface area (Å²) in [5.41, 5.74) is 1.52. The number of hydrogen-bond donors (Lipinski definition) is 0. The number of pyridine rings is 1. The van der Waals surface area contributed by atoms with Crippen molar-refractivity contribution in [2.24, 2.45) is 5.92 Å². The number of ether oxygens (including phenoxy) is 2. The number of rotatable bonds is 8. The zero-order valence-corrected chi connectivity index (χ0v) is 24.2. The normalized spacial score (nSPS) is 17.4. The molecule has 0 unspecified atom stereocenters. The maximum atomic E-state index is 13.2. The molecule has 1 amide bonds. The van der Waals surface area contributed by atoms with Crippen LogP contribution >= 0.6 is 0 Å². The number of amides is 1. The van der Waals surface area contributed by atoms with Gasteiger partial charge >= 0.3 is 6.09 Å². The summed E-state index contributed by atoms with van der Waals surface area (Å²) in [6.07, 6.45) is 8.50. The van der Waals surface area contributed by atoms with Gasteiger partial charge in [-0.15, -0.1) is 10.2 Å². The maximum absolute atomic E-state index is 13.2. The van der Waals surface area contributed by atoms with E-state index >= 15 is 0 Å². The second-order valence-electron chi connectivity index (χ2n) is 11.7. The van der Waals surface area contributed by atoms with E-state index in [9.17, 15) is 10.1 Å². The van der Waals surface area contributed by atoms with Crippen LogP contribution in [0.1, 0.15) is 64.3 Å². The zero-order chi connectivity index (χ0) is 29.0. The molecule has 3 aromatic heterocycles. The molecule has 216 valence electrons. The van der Waals surface area contributed by atoms with Crippen LogP contribution in [0.15, 0.2) is 30.6 Å². The predicted octanol–water partition coefficient (Wildman–Crippen LogP) is 4.06. The van der Waals surface area contributed by atoms with E-state index < -0.39 is 5.60 Å². The van der Waals surface area contributed by atoms with Gasteiger partial charge in [0.15, 0.2) is 5.82 Å². The summed E-state index contributed by atoms with van der Waals surface area (Å²) >= 11 is 0. The second-order valence-corrected chi connectivity index (χ2v) is 11.7. The third-order valence-electron chi connectivity index (χ3n) is 7.52. The lowest BCUT2D eigenvalue weighted by molar-refractivity contribution is 0.00733. The van der Waals surface area contributed by atoms with Crippen LogP contribution in [0.25, 0.3) is 11.3 Å². The summed E-state index contributed by atoms with van der Waals surface area (Å²) in [7, 11) is 1.54. The van der Waals surface area contributed by atoms with Crippen LogP contribution in [-0.4, -0.2) is 79.6 Å². The summed E-state index contributed by atoms with van der Waals surface area (Å²) < 4.78 is 12.7. The number of anilines is 1. The predicted molar refractivity (Wildman–Crippen MR) is 151 cm³/mol. The van der Waals surface area contributed by atoms with E-state index in [1.54, 1.807) is 24.1 Å². The number of piperidine rings is 1. The van der Waals surface area contributed by atoms with Gasteiger partial charge in [0.25, 0.3) is 0 Å². The third kappa shape index (κ3) is 6.90. The minimum absolute atomic E-state index is 0.0682. The highest BCUT2D eigenvalue weighted by Gasteiger charge is 2.34. The van der Waals surface area contributed by atoms with Gasteiger partial charge in [-0.2, -0.15) is 10.4 Å². The van der Waals surface area contributed by atoms with Crippen LogP contribution in [0, 0.1) is 17.2 Å². The number of nitrogens with zero attached hydrogens (tertiary/aromatic N) is 9. The molecule has 12 heteroatoms. The summed E-state index contributed by atoms with van der Waals surface area (Å²) in [6, 6.07) is 7.77. The Labute approximate surface area is 240 Å². The number of nitriles is 1. The third-order valence-corrected chi connectivity index (χ3v) is 7.52. The van der Waals surface area contributed by atoms with Crippen LogP contribution in [0.4, 0.5) is 10.6 Å². The molecular formula is C29H37N9O3. The Balaban J connectivity index is 1.25. The van der Waals surface area contributed by atoms with Gasteiger partial charge in [-0.25, -0.2) is 14.5 Å². The van der Waals surface area contributed by atoms with Crippen molar-refractivity contribution in [3.05, 3.63) is 42.0 Å². The smallest absolute Gasteiger partial charge is 0.410 e. The van der Waals surface area contributed by atoms with Gasteiger partial charge in [0.05, 0.1) is 37.8 Å². The molecule has 2 aliphatic rings. The number of carbonyl (C=O) groups excluding carboxylic acids is 1. The lowest BCUT2D eigenvalue weighted by Gasteiger charge is -2.42. The van der Waals surface area contributed by atoms with E-state index in [4.69, 9.17) is 9.47 Å². The molecule has 0 N–H and O–H groups in total. The Morgan fingerprint density at radius 3 is 2.66 bits per heavy atom. The fourth-order valence-electron chi connectivity index (χ4n) is 5.18. The highest BCUT2D eigenvalue weighted by Crippen LogP contribution is 2.30. The minimum Gasteiger partial charge on any atom is -0.495 e. The lowest BCUT2D eigenvalue weighted by atomic mass is 9.84. The number of carbonyl (C=O) groups is 1. The van der Waals surface area contributed by atoms with E-state index in [1.165, 1.54) is 25.5 Å². The van der Waals surface area contributed by atoms with Crippen LogP contribution in [0.2, 0.25) is 0 Å². The molecule has 1 aliphatic carbocycles. The van der Waals surface area contributed by atoms with E-state index in [1.807, 2.05) is 37.8 Å². The lowest BCUT2D eigenvalue weighted by Crippen LogP contribution is -2.53. The summed E-state index contributed by atoms with van der Waals surface area (Å²) in [4.78, 5) is 21.5. The van der Waals surface area contributed by atoms with Gasteiger partial charge in [-0.1, -0.05) is 11.6 Å². The van der Waals surface area contributed by atoms with Gasteiger partial charge in [-0.3, -0.25) is 0 Å². The molecule has 1 atom stereocenters. The van der Waals surface area contributed by atoms with Crippen LogP contribution in [0.5, 0.6) is 5.75 Å². The van der Waals surface area contributed by atoms with Crippen LogP contribution < -0.4 is 9.64 Å². The van der Waals surface area contributed by atoms with Crippen LogP contribution in [0.3, 0.4) is 0 Å². The molecule has 1 saturated heterocycles. The number of aromatic nitrogens is 6. The number of hydrogen-bond acceptors (Lipinski definition) is 10. The van der Waals surface area contributed by atoms with E-state index in [0.717, 1.165) is 37.4 Å². The van der Waals surface area contributed by atoms with Gasteiger partial charge in [-0.05, 0) is 70.6 Å². The second kappa shape index (κ2) is 12.1. The first kappa shape index (κ1) is 28.3. The molecule has 1 aliphatic heterocycles. The van der Waals surface area contributed by atoms with E-state index in [0.29, 0.717) is 36.0 Å². The van der Waals surface area contributed by atoms with Crippen molar-refractivity contribution in [2.75, 3.05) is 31.6 Å². The summed E-state index contributed by atoms with van der Waals surface area (Å²) in [5, 5.41) is 26.8.